The van der Waals surface area contributed by atoms with E-state index in [0.29, 0.717) is 47.1 Å². The number of amides is 2. The number of nitrogens with zero attached hydrogens (tertiary/aromatic N) is 1. The van der Waals surface area contributed by atoms with Crippen LogP contribution >= 0.6 is 23.2 Å². The van der Waals surface area contributed by atoms with Gasteiger partial charge in [-0.2, -0.15) is 0 Å². The predicted octanol–water partition coefficient (Wildman–Crippen LogP) is 3.66. The first-order chi connectivity index (χ1) is 13.7. The van der Waals surface area contributed by atoms with Gasteiger partial charge in [-0.3, -0.25) is 9.59 Å². The van der Waals surface area contributed by atoms with E-state index in [-0.39, 0.29) is 10.8 Å². The SMILES string of the molecule is O=C1CCCN1c1ccc(S(=O)(=O)NC(=O)C2(c3ccc(Cl)cc3Cl)CC2)cc1. The lowest BCUT2D eigenvalue weighted by molar-refractivity contribution is -0.121. The topological polar surface area (TPSA) is 83.6 Å². The Morgan fingerprint density at radius 2 is 1.76 bits per heavy atom. The van der Waals surface area contributed by atoms with Crippen LogP contribution in [0.25, 0.3) is 0 Å². The van der Waals surface area contributed by atoms with E-state index >= 15 is 0 Å². The first-order valence-corrected chi connectivity index (χ1v) is 11.4. The molecule has 2 aromatic carbocycles. The smallest absolute Gasteiger partial charge is 0.264 e. The van der Waals surface area contributed by atoms with E-state index in [1.807, 2.05) is 0 Å². The van der Waals surface area contributed by atoms with Gasteiger partial charge in [0.2, 0.25) is 11.8 Å². The minimum absolute atomic E-state index is 0.0180. The van der Waals surface area contributed by atoms with Crippen molar-refractivity contribution in [3.63, 3.8) is 0 Å². The fraction of sp³-hybridized carbons (Fsp3) is 0.300. The molecule has 29 heavy (non-hydrogen) atoms. The Balaban J connectivity index is 1.54. The van der Waals surface area contributed by atoms with Gasteiger partial charge < -0.3 is 4.90 Å². The maximum atomic E-state index is 12.8. The van der Waals surface area contributed by atoms with E-state index in [0.717, 1.165) is 6.42 Å². The molecule has 0 unspecified atom stereocenters. The van der Waals surface area contributed by atoms with Gasteiger partial charge in [0.05, 0.1) is 10.3 Å². The molecule has 1 heterocycles. The van der Waals surface area contributed by atoms with E-state index in [2.05, 4.69) is 4.72 Å². The largest absolute Gasteiger partial charge is 0.312 e. The van der Waals surface area contributed by atoms with E-state index in [1.165, 1.54) is 12.1 Å². The van der Waals surface area contributed by atoms with Crippen LogP contribution < -0.4 is 9.62 Å². The van der Waals surface area contributed by atoms with Gasteiger partial charge in [-0.15, -0.1) is 0 Å². The van der Waals surface area contributed by atoms with Gasteiger partial charge >= 0.3 is 0 Å². The van der Waals surface area contributed by atoms with Gasteiger partial charge in [-0.05, 0) is 61.2 Å². The molecule has 1 N–H and O–H groups in total. The second kappa shape index (κ2) is 7.31. The summed E-state index contributed by atoms with van der Waals surface area (Å²) in [6.45, 7) is 0.617. The molecule has 9 heteroatoms. The maximum absolute atomic E-state index is 12.8. The summed E-state index contributed by atoms with van der Waals surface area (Å²) in [5.74, 6) is -0.593. The van der Waals surface area contributed by atoms with Crippen molar-refractivity contribution >= 4 is 50.7 Å². The van der Waals surface area contributed by atoms with Crippen molar-refractivity contribution in [2.75, 3.05) is 11.4 Å². The second-order valence-electron chi connectivity index (χ2n) is 7.28. The van der Waals surface area contributed by atoms with Crippen molar-refractivity contribution < 1.29 is 18.0 Å². The van der Waals surface area contributed by atoms with Gasteiger partial charge in [0, 0.05) is 28.7 Å². The van der Waals surface area contributed by atoms with E-state index < -0.39 is 21.3 Å². The summed E-state index contributed by atoms with van der Waals surface area (Å²) in [6, 6.07) is 10.8. The normalized spacial score (nSPS) is 18.0. The van der Waals surface area contributed by atoms with Crippen LogP contribution in [0, 0.1) is 0 Å². The highest BCUT2D eigenvalue weighted by molar-refractivity contribution is 7.90. The van der Waals surface area contributed by atoms with Crippen molar-refractivity contribution in [3.8, 4) is 0 Å². The van der Waals surface area contributed by atoms with Crippen LogP contribution in [0.4, 0.5) is 5.69 Å². The Morgan fingerprint density at radius 1 is 1.07 bits per heavy atom. The Morgan fingerprint density at radius 3 is 2.31 bits per heavy atom. The number of hydrogen-bond donors (Lipinski definition) is 1. The lowest BCUT2D eigenvalue weighted by atomic mass is 9.95. The molecular formula is C20H18Cl2N2O4S. The summed E-state index contributed by atoms with van der Waals surface area (Å²) in [5.41, 5.74) is 0.250. The van der Waals surface area contributed by atoms with Gasteiger partial charge in [0.1, 0.15) is 0 Å². The zero-order valence-corrected chi connectivity index (χ0v) is 17.6. The molecule has 0 spiro atoms. The Bertz CT molecular complexity index is 1100. The number of sulfonamides is 1. The number of carbonyl (C=O) groups excluding carboxylic acids is 2. The minimum Gasteiger partial charge on any atom is -0.312 e. The third kappa shape index (κ3) is 3.74. The molecule has 2 aliphatic rings. The second-order valence-corrected chi connectivity index (χ2v) is 9.81. The van der Waals surface area contributed by atoms with E-state index in [1.54, 1.807) is 35.2 Å². The van der Waals surface area contributed by atoms with Crippen molar-refractivity contribution in [1.29, 1.82) is 0 Å². The van der Waals surface area contributed by atoms with Crippen LogP contribution in [-0.2, 0) is 25.0 Å². The zero-order valence-electron chi connectivity index (χ0n) is 15.3. The molecule has 0 radical (unpaired) electrons. The molecule has 4 rings (SSSR count). The van der Waals surface area contributed by atoms with Crippen molar-refractivity contribution in [2.24, 2.45) is 0 Å². The average Bonchev–Trinajstić information content (AvgIpc) is 3.36. The Kier molecular flexibility index (Phi) is 5.09. The van der Waals surface area contributed by atoms with Gasteiger partial charge in [0.15, 0.2) is 0 Å². The van der Waals surface area contributed by atoms with Crippen molar-refractivity contribution in [3.05, 3.63) is 58.1 Å². The molecule has 152 valence electrons. The number of hydrogen-bond acceptors (Lipinski definition) is 4. The number of benzene rings is 2. The Labute approximate surface area is 178 Å². The molecule has 0 aromatic heterocycles. The van der Waals surface area contributed by atoms with Crippen LogP contribution in [0.15, 0.2) is 47.4 Å². The first-order valence-electron chi connectivity index (χ1n) is 9.16. The van der Waals surface area contributed by atoms with Crippen molar-refractivity contribution in [2.45, 2.75) is 36.0 Å². The molecule has 0 atom stereocenters. The summed E-state index contributed by atoms with van der Waals surface area (Å²) in [7, 11) is -4.06. The lowest BCUT2D eigenvalue weighted by Gasteiger charge is -2.18. The number of anilines is 1. The van der Waals surface area contributed by atoms with Crippen LogP contribution in [0.1, 0.15) is 31.2 Å². The molecule has 1 aliphatic carbocycles. The number of rotatable bonds is 5. The van der Waals surface area contributed by atoms with E-state index in [4.69, 9.17) is 23.2 Å². The minimum atomic E-state index is -4.06. The highest BCUT2D eigenvalue weighted by atomic mass is 35.5. The Hall–Kier alpha value is -2.09. The van der Waals surface area contributed by atoms with Crippen LogP contribution in [0.3, 0.4) is 0 Å². The molecule has 2 aromatic rings. The summed E-state index contributed by atoms with van der Waals surface area (Å²) < 4.78 is 27.6. The number of halogens is 2. The van der Waals surface area contributed by atoms with Crippen molar-refractivity contribution in [1.82, 2.24) is 4.72 Å². The standard InChI is InChI=1S/C20H18Cl2N2O4S/c21-13-3-8-16(17(22)12-13)20(9-10-20)19(26)23-29(27,28)15-6-4-14(5-7-15)24-11-1-2-18(24)25/h3-8,12H,1-2,9-11H2,(H,23,26). The monoisotopic (exact) mass is 452 g/mol. The third-order valence-electron chi connectivity index (χ3n) is 5.39. The third-order valence-corrected chi connectivity index (χ3v) is 7.29. The fourth-order valence-corrected chi connectivity index (χ4v) is 5.27. The highest BCUT2D eigenvalue weighted by Crippen LogP contribution is 2.51. The number of nitrogens with one attached hydrogen (secondary N) is 1. The average molecular weight is 453 g/mol. The molecular weight excluding hydrogens is 435 g/mol. The molecule has 1 aliphatic heterocycles. The summed E-state index contributed by atoms with van der Waals surface area (Å²) in [5, 5.41) is 0.779. The summed E-state index contributed by atoms with van der Waals surface area (Å²) >= 11 is 12.1. The molecule has 6 nitrogen and oxygen atoms in total. The lowest BCUT2D eigenvalue weighted by Crippen LogP contribution is -2.39. The van der Waals surface area contributed by atoms with Gasteiger partial charge in [-0.1, -0.05) is 29.3 Å². The highest BCUT2D eigenvalue weighted by Gasteiger charge is 2.53. The van der Waals surface area contributed by atoms with Crippen LogP contribution in [0.2, 0.25) is 10.0 Å². The van der Waals surface area contributed by atoms with Crippen LogP contribution in [-0.4, -0.2) is 26.8 Å². The summed E-state index contributed by atoms with van der Waals surface area (Å²) in [4.78, 5) is 26.3. The zero-order chi connectivity index (χ0) is 20.8. The fourth-order valence-electron chi connectivity index (χ4n) is 3.63. The molecule has 1 saturated heterocycles. The van der Waals surface area contributed by atoms with Gasteiger partial charge in [0.25, 0.3) is 10.0 Å². The summed E-state index contributed by atoms with van der Waals surface area (Å²) in [6.07, 6.45) is 2.28. The number of carbonyl (C=O) groups is 2. The van der Waals surface area contributed by atoms with Gasteiger partial charge in [-0.25, -0.2) is 13.1 Å². The van der Waals surface area contributed by atoms with E-state index in [9.17, 15) is 18.0 Å². The molecule has 2 amide bonds. The predicted molar refractivity (Wildman–Crippen MR) is 111 cm³/mol. The maximum Gasteiger partial charge on any atom is 0.264 e. The molecule has 2 fully saturated rings. The molecule has 0 bridgehead atoms. The quantitative estimate of drug-likeness (QED) is 0.749. The van der Waals surface area contributed by atoms with Crippen LogP contribution in [0.5, 0.6) is 0 Å². The first kappa shape index (κ1) is 20.2. The molecule has 1 saturated carbocycles.